The summed E-state index contributed by atoms with van der Waals surface area (Å²) in [5, 5.41) is 0. The molecule has 0 aromatic heterocycles. The molecule has 2 N–H and O–H groups in total. The first-order valence-corrected chi connectivity index (χ1v) is 6.38. The third kappa shape index (κ3) is 1.74. The van der Waals surface area contributed by atoms with E-state index in [1.807, 2.05) is 0 Å². The van der Waals surface area contributed by atoms with Crippen LogP contribution in [0, 0.1) is 0 Å². The molecule has 0 bridgehead atoms. The third-order valence-corrected chi connectivity index (χ3v) is 4.30. The molecular formula is C14H20N2O. The maximum Gasteiger partial charge on any atom is 0.123 e. The lowest BCUT2D eigenvalue weighted by molar-refractivity contribution is 0.155. The average Bonchev–Trinajstić information content (AvgIpc) is 2.72. The van der Waals surface area contributed by atoms with E-state index in [0.29, 0.717) is 6.54 Å². The molecule has 0 aliphatic carbocycles. The fourth-order valence-electron chi connectivity index (χ4n) is 3.00. The fraction of sp³-hybridized carbons (Fsp3) is 0.571. The zero-order valence-electron chi connectivity index (χ0n) is 10.4. The van der Waals surface area contributed by atoms with E-state index in [9.17, 15) is 0 Å². The van der Waals surface area contributed by atoms with Crippen LogP contribution in [0.5, 0.6) is 5.75 Å². The molecule has 3 heteroatoms. The van der Waals surface area contributed by atoms with Crippen molar-refractivity contribution in [2.24, 2.45) is 5.73 Å². The van der Waals surface area contributed by atoms with Gasteiger partial charge < -0.3 is 15.4 Å². The molecule has 0 radical (unpaired) electrons. The molecule has 2 aliphatic rings. The lowest BCUT2D eigenvalue weighted by Gasteiger charge is -2.36. The molecule has 0 atom stereocenters. The van der Waals surface area contributed by atoms with E-state index in [-0.39, 0.29) is 5.41 Å². The molecule has 3 nitrogen and oxygen atoms in total. The number of nitrogens with two attached hydrogens (primary N) is 1. The Hall–Kier alpha value is -1.06. The summed E-state index contributed by atoms with van der Waals surface area (Å²) in [6.07, 6.45) is 2.40. The second-order valence-corrected chi connectivity index (χ2v) is 5.41. The van der Waals surface area contributed by atoms with Crippen molar-refractivity contribution in [1.29, 1.82) is 0 Å². The van der Waals surface area contributed by atoms with E-state index in [0.717, 1.165) is 25.4 Å². The van der Waals surface area contributed by atoms with Crippen molar-refractivity contribution in [2.75, 3.05) is 26.7 Å². The van der Waals surface area contributed by atoms with Crippen molar-refractivity contribution in [3.8, 4) is 5.75 Å². The van der Waals surface area contributed by atoms with Crippen LogP contribution in [0.15, 0.2) is 18.2 Å². The molecule has 2 aliphatic heterocycles. The Balaban J connectivity index is 1.96. The lowest BCUT2D eigenvalue weighted by atomic mass is 9.74. The summed E-state index contributed by atoms with van der Waals surface area (Å²) < 4.78 is 5.87. The molecule has 92 valence electrons. The molecule has 3 rings (SSSR count). The highest BCUT2D eigenvalue weighted by molar-refractivity contribution is 5.46. The van der Waals surface area contributed by atoms with E-state index in [1.54, 1.807) is 0 Å². The van der Waals surface area contributed by atoms with Gasteiger partial charge in [0.15, 0.2) is 0 Å². The average molecular weight is 232 g/mol. The largest absolute Gasteiger partial charge is 0.492 e. The summed E-state index contributed by atoms with van der Waals surface area (Å²) in [4.78, 5) is 2.40. The van der Waals surface area contributed by atoms with Crippen LogP contribution in [0.4, 0.5) is 0 Å². The van der Waals surface area contributed by atoms with Crippen LogP contribution in [0.1, 0.15) is 24.0 Å². The Labute approximate surface area is 103 Å². The van der Waals surface area contributed by atoms with E-state index < -0.39 is 0 Å². The van der Waals surface area contributed by atoms with Gasteiger partial charge in [0, 0.05) is 17.5 Å². The van der Waals surface area contributed by atoms with Crippen molar-refractivity contribution in [3.63, 3.8) is 0 Å². The van der Waals surface area contributed by atoms with Gasteiger partial charge in [-0.1, -0.05) is 12.1 Å². The van der Waals surface area contributed by atoms with Crippen LogP contribution >= 0.6 is 0 Å². The molecule has 1 spiro atoms. The van der Waals surface area contributed by atoms with E-state index in [2.05, 4.69) is 30.1 Å². The molecule has 0 saturated carbocycles. The zero-order valence-corrected chi connectivity index (χ0v) is 10.4. The van der Waals surface area contributed by atoms with E-state index in [4.69, 9.17) is 10.5 Å². The highest BCUT2D eigenvalue weighted by atomic mass is 16.5. The summed E-state index contributed by atoms with van der Waals surface area (Å²) in [7, 11) is 2.19. The van der Waals surface area contributed by atoms with Crippen molar-refractivity contribution in [3.05, 3.63) is 29.3 Å². The van der Waals surface area contributed by atoms with Gasteiger partial charge >= 0.3 is 0 Å². The summed E-state index contributed by atoms with van der Waals surface area (Å²) in [5.41, 5.74) is 8.60. The summed E-state index contributed by atoms with van der Waals surface area (Å²) >= 11 is 0. The van der Waals surface area contributed by atoms with Gasteiger partial charge in [-0.25, -0.2) is 0 Å². The van der Waals surface area contributed by atoms with Gasteiger partial charge in [0.2, 0.25) is 0 Å². The number of fused-ring (bicyclic) bond motifs is 2. The van der Waals surface area contributed by atoms with Crippen molar-refractivity contribution in [2.45, 2.75) is 24.8 Å². The van der Waals surface area contributed by atoms with Crippen LogP contribution < -0.4 is 10.5 Å². The number of rotatable bonds is 1. The van der Waals surface area contributed by atoms with Gasteiger partial charge in [0.1, 0.15) is 5.75 Å². The van der Waals surface area contributed by atoms with Gasteiger partial charge in [-0.3, -0.25) is 0 Å². The van der Waals surface area contributed by atoms with Gasteiger partial charge in [-0.15, -0.1) is 0 Å². The number of ether oxygens (including phenoxy) is 1. The topological polar surface area (TPSA) is 38.5 Å². The third-order valence-electron chi connectivity index (χ3n) is 4.30. The molecule has 1 saturated heterocycles. The number of benzene rings is 1. The Bertz CT molecular complexity index is 422. The SMILES string of the molecule is CN1CCC2(CC1)COc1ccc(CN)cc12. The predicted molar refractivity (Wildman–Crippen MR) is 68.2 cm³/mol. The number of hydrogen-bond acceptors (Lipinski definition) is 3. The van der Waals surface area contributed by atoms with E-state index in [1.165, 1.54) is 24.0 Å². The first kappa shape index (κ1) is 11.1. The van der Waals surface area contributed by atoms with Crippen LogP contribution in [0.3, 0.4) is 0 Å². The molecular weight excluding hydrogens is 212 g/mol. The number of nitrogens with zero attached hydrogens (tertiary/aromatic N) is 1. The first-order valence-electron chi connectivity index (χ1n) is 6.38. The van der Waals surface area contributed by atoms with E-state index >= 15 is 0 Å². The molecule has 17 heavy (non-hydrogen) atoms. The van der Waals surface area contributed by atoms with Gasteiger partial charge in [-0.2, -0.15) is 0 Å². The van der Waals surface area contributed by atoms with Gasteiger partial charge in [0.05, 0.1) is 6.61 Å². The highest BCUT2D eigenvalue weighted by Gasteiger charge is 2.42. The normalized spacial score (nSPS) is 22.5. The second kappa shape index (κ2) is 4.00. The minimum absolute atomic E-state index is 0.257. The van der Waals surface area contributed by atoms with Crippen molar-refractivity contribution < 1.29 is 4.74 Å². The number of piperidine rings is 1. The van der Waals surface area contributed by atoms with Gasteiger partial charge in [0.25, 0.3) is 0 Å². The van der Waals surface area contributed by atoms with Crippen molar-refractivity contribution >= 4 is 0 Å². The molecule has 1 aromatic rings. The van der Waals surface area contributed by atoms with Crippen LogP contribution in [0.2, 0.25) is 0 Å². The molecule has 1 fully saturated rings. The Morgan fingerprint density at radius 1 is 1.35 bits per heavy atom. The number of hydrogen-bond donors (Lipinski definition) is 1. The fourth-order valence-corrected chi connectivity index (χ4v) is 3.00. The smallest absolute Gasteiger partial charge is 0.123 e. The summed E-state index contributed by atoms with van der Waals surface area (Å²) in [6.45, 7) is 3.79. The molecule has 0 unspecified atom stereocenters. The Morgan fingerprint density at radius 3 is 2.82 bits per heavy atom. The summed E-state index contributed by atoms with van der Waals surface area (Å²) in [6, 6.07) is 6.42. The maximum absolute atomic E-state index is 5.87. The maximum atomic E-state index is 5.87. The van der Waals surface area contributed by atoms with Crippen LogP contribution in [-0.2, 0) is 12.0 Å². The highest BCUT2D eigenvalue weighted by Crippen LogP contribution is 2.45. The van der Waals surface area contributed by atoms with Crippen LogP contribution in [0.25, 0.3) is 0 Å². The van der Waals surface area contributed by atoms with Crippen LogP contribution in [-0.4, -0.2) is 31.6 Å². The minimum atomic E-state index is 0.257. The van der Waals surface area contributed by atoms with Crippen molar-refractivity contribution in [1.82, 2.24) is 4.90 Å². The zero-order chi connectivity index (χ0) is 11.9. The lowest BCUT2D eigenvalue weighted by Crippen LogP contribution is -2.41. The monoisotopic (exact) mass is 232 g/mol. The predicted octanol–water partition coefficient (Wildman–Crippen LogP) is 1.50. The Morgan fingerprint density at radius 2 is 2.12 bits per heavy atom. The summed E-state index contributed by atoms with van der Waals surface area (Å²) in [5.74, 6) is 1.08. The second-order valence-electron chi connectivity index (χ2n) is 5.41. The molecule has 1 aromatic carbocycles. The standard InChI is InChI=1S/C14H20N2O/c1-16-6-4-14(5-7-16)10-17-13-3-2-11(9-15)8-12(13)14/h2-3,8H,4-7,9-10,15H2,1H3. The quantitative estimate of drug-likeness (QED) is 0.797. The number of likely N-dealkylation sites (tertiary alicyclic amines) is 1. The molecule has 0 amide bonds. The molecule has 2 heterocycles. The first-order chi connectivity index (χ1) is 8.23. The van der Waals surface area contributed by atoms with Gasteiger partial charge in [-0.05, 0) is 44.6 Å². The Kier molecular flexibility index (Phi) is 2.60. The minimum Gasteiger partial charge on any atom is -0.492 e.